The predicted molar refractivity (Wildman–Crippen MR) is 133 cm³/mol. The molecule has 34 heavy (non-hydrogen) atoms. The van der Waals surface area contributed by atoms with Gasteiger partial charge >= 0.3 is 0 Å². The van der Waals surface area contributed by atoms with Crippen molar-refractivity contribution in [3.05, 3.63) is 66.5 Å². The predicted octanol–water partition coefficient (Wildman–Crippen LogP) is 5.54. The lowest BCUT2D eigenvalue weighted by Gasteiger charge is -2.29. The van der Waals surface area contributed by atoms with E-state index in [2.05, 4.69) is 24.3 Å². The number of carbonyl (C=O) groups is 2. The van der Waals surface area contributed by atoms with Crippen molar-refractivity contribution < 1.29 is 14.0 Å². The average molecular weight is 465 g/mol. The summed E-state index contributed by atoms with van der Waals surface area (Å²) in [5.74, 6) is 0.116. The van der Waals surface area contributed by atoms with Crippen molar-refractivity contribution in [2.45, 2.75) is 41.0 Å². The van der Waals surface area contributed by atoms with Crippen LogP contribution in [0.15, 0.2) is 60.7 Å². The fraction of sp³-hybridized carbons (Fsp3) is 0.370. The highest BCUT2D eigenvalue weighted by molar-refractivity contribution is 5.95. The minimum Gasteiger partial charge on any atom is -0.333 e. The summed E-state index contributed by atoms with van der Waals surface area (Å²) < 4.78 is 15.1. The summed E-state index contributed by atoms with van der Waals surface area (Å²) in [5, 5.41) is 7.56. The van der Waals surface area contributed by atoms with E-state index >= 15 is 0 Å². The smallest absolute Gasteiger partial charge is 0.245 e. The van der Waals surface area contributed by atoms with E-state index in [1.165, 1.54) is 12.1 Å². The topological polar surface area (TPSA) is 67.2 Å². The SMILES string of the molecule is CC(C)CCN(CC(=O)Nc1cc(-c2ccccc2)nn1-c1ccc(F)cc1)C(=O)C(C)(C)C. The summed E-state index contributed by atoms with van der Waals surface area (Å²) in [4.78, 5) is 27.7. The summed E-state index contributed by atoms with van der Waals surface area (Å²) in [6, 6.07) is 17.3. The van der Waals surface area contributed by atoms with Crippen molar-refractivity contribution in [2.75, 3.05) is 18.4 Å². The second kappa shape index (κ2) is 10.6. The van der Waals surface area contributed by atoms with Gasteiger partial charge in [-0.05, 0) is 36.6 Å². The number of nitrogens with one attached hydrogen (secondary N) is 1. The quantitative estimate of drug-likeness (QED) is 0.476. The number of benzene rings is 2. The fourth-order valence-corrected chi connectivity index (χ4v) is 3.50. The zero-order valence-electron chi connectivity index (χ0n) is 20.5. The molecule has 0 aliphatic carbocycles. The number of hydrogen-bond donors (Lipinski definition) is 1. The molecule has 1 N–H and O–H groups in total. The first kappa shape index (κ1) is 25.1. The third-order valence-electron chi connectivity index (χ3n) is 5.36. The maximum Gasteiger partial charge on any atom is 0.245 e. The molecule has 0 aliphatic rings. The lowest BCUT2D eigenvalue weighted by atomic mass is 9.94. The lowest BCUT2D eigenvalue weighted by molar-refractivity contribution is -0.142. The summed E-state index contributed by atoms with van der Waals surface area (Å²) in [6.07, 6.45) is 0.806. The van der Waals surface area contributed by atoms with E-state index in [0.29, 0.717) is 29.7 Å². The zero-order chi connectivity index (χ0) is 24.9. The largest absolute Gasteiger partial charge is 0.333 e. The number of hydrogen-bond acceptors (Lipinski definition) is 3. The van der Waals surface area contributed by atoms with Crippen LogP contribution >= 0.6 is 0 Å². The second-order valence-corrected chi connectivity index (χ2v) is 9.88. The fourth-order valence-electron chi connectivity index (χ4n) is 3.50. The molecule has 1 heterocycles. The Hall–Kier alpha value is -3.48. The van der Waals surface area contributed by atoms with Gasteiger partial charge in [-0.15, -0.1) is 0 Å². The highest BCUT2D eigenvalue weighted by Gasteiger charge is 2.29. The standard InChI is InChI=1S/C27H33FN4O2/c1-19(2)15-16-31(26(34)27(3,4)5)18-25(33)29-24-17-23(20-9-7-6-8-10-20)30-32(24)22-13-11-21(28)12-14-22/h6-14,17,19H,15-16,18H2,1-5H3,(H,29,33). The van der Waals surface area contributed by atoms with E-state index in [-0.39, 0.29) is 24.2 Å². The number of amides is 2. The maximum atomic E-state index is 13.5. The Morgan fingerprint density at radius 1 is 1.06 bits per heavy atom. The van der Waals surface area contributed by atoms with Gasteiger partial charge in [-0.1, -0.05) is 65.0 Å². The Morgan fingerprint density at radius 3 is 2.29 bits per heavy atom. The molecule has 0 saturated carbocycles. The molecule has 1 aromatic heterocycles. The van der Waals surface area contributed by atoms with Crippen molar-refractivity contribution in [3.63, 3.8) is 0 Å². The van der Waals surface area contributed by atoms with Gasteiger partial charge in [0.05, 0.1) is 17.9 Å². The second-order valence-electron chi connectivity index (χ2n) is 9.88. The van der Waals surface area contributed by atoms with E-state index < -0.39 is 5.41 Å². The first-order valence-electron chi connectivity index (χ1n) is 11.6. The molecule has 0 atom stereocenters. The Morgan fingerprint density at radius 2 is 1.71 bits per heavy atom. The average Bonchev–Trinajstić information content (AvgIpc) is 3.20. The van der Waals surface area contributed by atoms with Crippen LogP contribution in [0.1, 0.15) is 41.0 Å². The number of halogens is 1. The Kier molecular flexibility index (Phi) is 7.87. The first-order chi connectivity index (χ1) is 16.0. The molecular weight excluding hydrogens is 431 g/mol. The van der Waals surface area contributed by atoms with Crippen LogP contribution in [0.25, 0.3) is 16.9 Å². The minimum atomic E-state index is -0.590. The highest BCUT2D eigenvalue weighted by atomic mass is 19.1. The van der Waals surface area contributed by atoms with Gasteiger partial charge in [0, 0.05) is 23.6 Å². The molecule has 0 fully saturated rings. The van der Waals surface area contributed by atoms with E-state index in [0.717, 1.165) is 12.0 Å². The third-order valence-corrected chi connectivity index (χ3v) is 5.36. The van der Waals surface area contributed by atoms with Gasteiger partial charge in [-0.2, -0.15) is 5.10 Å². The van der Waals surface area contributed by atoms with Gasteiger partial charge < -0.3 is 10.2 Å². The van der Waals surface area contributed by atoms with E-state index in [1.807, 2.05) is 51.1 Å². The zero-order valence-corrected chi connectivity index (χ0v) is 20.5. The van der Waals surface area contributed by atoms with Crippen molar-refractivity contribution in [1.82, 2.24) is 14.7 Å². The molecular formula is C27H33FN4O2. The molecule has 7 heteroatoms. The molecule has 0 aliphatic heterocycles. The molecule has 0 spiro atoms. The molecule has 3 aromatic rings. The van der Waals surface area contributed by atoms with Gasteiger partial charge in [0.2, 0.25) is 11.8 Å². The molecule has 6 nitrogen and oxygen atoms in total. The summed E-state index contributed by atoms with van der Waals surface area (Å²) in [5.41, 5.74) is 1.58. The van der Waals surface area contributed by atoms with Gasteiger partial charge in [-0.3, -0.25) is 9.59 Å². The molecule has 2 amide bonds. The van der Waals surface area contributed by atoms with Crippen LogP contribution in [-0.4, -0.2) is 39.6 Å². The summed E-state index contributed by atoms with van der Waals surface area (Å²) in [6.45, 7) is 10.2. The van der Waals surface area contributed by atoms with E-state index in [4.69, 9.17) is 0 Å². The molecule has 0 radical (unpaired) electrons. The number of nitrogens with zero attached hydrogens (tertiary/aromatic N) is 3. The van der Waals surface area contributed by atoms with Crippen LogP contribution in [0.3, 0.4) is 0 Å². The van der Waals surface area contributed by atoms with Crippen molar-refractivity contribution >= 4 is 17.6 Å². The van der Waals surface area contributed by atoms with Crippen molar-refractivity contribution in [3.8, 4) is 16.9 Å². The molecule has 0 unspecified atom stereocenters. The van der Waals surface area contributed by atoms with Crippen LogP contribution in [0.5, 0.6) is 0 Å². The van der Waals surface area contributed by atoms with Gasteiger partial charge in [0.1, 0.15) is 11.6 Å². The van der Waals surface area contributed by atoms with Crippen molar-refractivity contribution in [2.24, 2.45) is 11.3 Å². The van der Waals surface area contributed by atoms with Crippen LogP contribution in [0.2, 0.25) is 0 Å². The Bertz CT molecular complexity index is 1120. The molecule has 0 bridgehead atoms. The molecule has 180 valence electrons. The molecule has 2 aromatic carbocycles. The first-order valence-corrected chi connectivity index (χ1v) is 11.6. The van der Waals surface area contributed by atoms with Crippen LogP contribution in [-0.2, 0) is 9.59 Å². The minimum absolute atomic E-state index is 0.0574. The van der Waals surface area contributed by atoms with Crippen molar-refractivity contribution in [1.29, 1.82) is 0 Å². The van der Waals surface area contributed by atoms with E-state index in [1.54, 1.807) is 27.8 Å². The number of carbonyl (C=O) groups excluding carboxylic acids is 2. The highest BCUT2D eigenvalue weighted by Crippen LogP contribution is 2.25. The molecule has 3 rings (SSSR count). The monoisotopic (exact) mass is 464 g/mol. The van der Waals surface area contributed by atoms with Crippen LogP contribution < -0.4 is 5.32 Å². The normalized spacial score (nSPS) is 11.5. The summed E-state index contributed by atoms with van der Waals surface area (Å²) >= 11 is 0. The Balaban J connectivity index is 1.88. The third kappa shape index (κ3) is 6.53. The number of aromatic nitrogens is 2. The maximum absolute atomic E-state index is 13.5. The van der Waals surface area contributed by atoms with Crippen LogP contribution in [0.4, 0.5) is 10.2 Å². The lowest BCUT2D eigenvalue weighted by Crippen LogP contribution is -2.44. The number of rotatable bonds is 8. The van der Waals surface area contributed by atoms with Gasteiger partial charge in [-0.25, -0.2) is 9.07 Å². The van der Waals surface area contributed by atoms with Gasteiger partial charge in [0.15, 0.2) is 0 Å². The number of anilines is 1. The molecule has 0 saturated heterocycles. The summed E-state index contributed by atoms with van der Waals surface area (Å²) in [7, 11) is 0. The Labute approximate surface area is 200 Å². The van der Waals surface area contributed by atoms with Gasteiger partial charge in [0.25, 0.3) is 0 Å². The van der Waals surface area contributed by atoms with E-state index in [9.17, 15) is 14.0 Å². The van der Waals surface area contributed by atoms with Crippen LogP contribution in [0, 0.1) is 17.2 Å².